The number of aliphatic hydroxyl groups is 1. The van der Waals surface area contributed by atoms with E-state index in [1.807, 2.05) is 36.4 Å². The van der Waals surface area contributed by atoms with Gasteiger partial charge in [0.1, 0.15) is 11.6 Å². The zero-order valence-corrected chi connectivity index (χ0v) is 16.5. The van der Waals surface area contributed by atoms with Crippen molar-refractivity contribution in [1.29, 1.82) is 0 Å². The van der Waals surface area contributed by atoms with Crippen molar-refractivity contribution in [2.75, 3.05) is 27.7 Å². The van der Waals surface area contributed by atoms with Crippen LogP contribution in [0.1, 0.15) is 30.4 Å². The second kappa shape index (κ2) is 8.41. The van der Waals surface area contributed by atoms with Crippen molar-refractivity contribution in [3.8, 4) is 5.75 Å². The van der Waals surface area contributed by atoms with Crippen LogP contribution in [0.4, 0.5) is 4.39 Å². The van der Waals surface area contributed by atoms with Gasteiger partial charge in [-0.05, 0) is 81.1 Å². The lowest BCUT2D eigenvalue weighted by Gasteiger charge is -2.44. The predicted molar refractivity (Wildman–Crippen MR) is 106 cm³/mol. The number of hydrogen-bond acceptors (Lipinski definition) is 3. The van der Waals surface area contributed by atoms with Crippen LogP contribution in [-0.2, 0) is 12.0 Å². The molecule has 0 aliphatic heterocycles. The Morgan fingerprint density at radius 1 is 1.19 bits per heavy atom. The summed E-state index contributed by atoms with van der Waals surface area (Å²) >= 11 is 0. The summed E-state index contributed by atoms with van der Waals surface area (Å²) in [5.74, 6) is 1.21. The molecule has 0 aromatic heterocycles. The van der Waals surface area contributed by atoms with E-state index >= 15 is 0 Å². The molecule has 0 unspecified atom stereocenters. The van der Waals surface area contributed by atoms with Crippen LogP contribution in [-0.4, -0.2) is 37.8 Å². The molecule has 4 heteroatoms. The van der Waals surface area contributed by atoms with Crippen LogP contribution in [0.15, 0.2) is 48.5 Å². The third-order valence-corrected chi connectivity index (χ3v) is 5.82. The lowest BCUT2D eigenvalue weighted by molar-refractivity contribution is -0.0753. The molecule has 2 aromatic rings. The fourth-order valence-corrected chi connectivity index (χ4v) is 4.42. The molecule has 1 N–H and O–H groups in total. The molecule has 2 aromatic carbocycles. The quantitative estimate of drug-likeness (QED) is 0.824. The predicted octanol–water partition coefficient (Wildman–Crippen LogP) is 4.24. The molecule has 27 heavy (non-hydrogen) atoms. The molecule has 0 bridgehead atoms. The van der Waals surface area contributed by atoms with Gasteiger partial charge in [0.25, 0.3) is 0 Å². The smallest absolute Gasteiger partial charge is 0.123 e. The van der Waals surface area contributed by atoms with Crippen molar-refractivity contribution >= 4 is 0 Å². The van der Waals surface area contributed by atoms with E-state index in [2.05, 4.69) is 19.0 Å². The van der Waals surface area contributed by atoms with Gasteiger partial charge in [0.05, 0.1) is 12.7 Å². The molecule has 0 amide bonds. The minimum Gasteiger partial charge on any atom is -0.497 e. The van der Waals surface area contributed by atoms with E-state index < -0.39 is 5.60 Å². The van der Waals surface area contributed by atoms with Gasteiger partial charge in [-0.25, -0.2) is 4.39 Å². The van der Waals surface area contributed by atoms with E-state index in [1.165, 1.54) is 12.1 Å². The van der Waals surface area contributed by atoms with Crippen molar-refractivity contribution < 1.29 is 14.2 Å². The van der Waals surface area contributed by atoms with Gasteiger partial charge < -0.3 is 14.7 Å². The van der Waals surface area contributed by atoms with Gasteiger partial charge in [-0.2, -0.15) is 0 Å². The van der Waals surface area contributed by atoms with E-state index in [0.29, 0.717) is 5.92 Å². The summed E-state index contributed by atoms with van der Waals surface area (Å²) in [6.45, 7) is 0.827. The number of hydrogen-bond donors (Lipinski definition) is 1. The molecule has 146 valence electrons. The molecule has 3 rings (SSSR count). The first kappa shape index (κ1) is 19.8. The molecule has 3 nitrogen and oxygen atoms in total. The van der Waals surface area contributed by atoms with Crippen LogP contribution < -0.4 is 4.74 Å². The van der Waals surface area contributed by atoms with E-state index in [4.69, 9.17) is 4.74 Å². The first-order valence-electron chi connectivity index (χ1n) is 9.67. The second-order valence-electron chi connectivity index (χ2n) is 8.09. The first-order chi connectivity index (χ1) is 12.9. The van der Waals surface area contributed by atoms with Crippen molar-refractivity contribution in [2.24, 2.45) is 11.8 Å². The number of rotatable bonds is 6. The summed E-state index contributed by atoms with van der Waals surface area (Å²) in [5.41, 5.74) is 1.25. The molecule has 0 spiro atoms. The van der Waals surface area contributed by atoms with Crippen molar-refractivity contribution in [1.82, 2.24) is 4.90 Å². The molecule has 0 saturated heterocycles. The average molecular weight is 371 g/mol. The molecule has 0 heterocycles. The fraction of sp³-hybridized carbons (Fsp3) is 0.478. The molecule has 1 fully saturated rings. The highest BCUT2D eigenvalue weighted by Gasteiger charge is 2.43. The Kier molecular flexibility index (Phi) is 6.18. The van der Waals surface area contributed by atoms with E-state index in [1.54, 1.807) is 7.11 Å². The summed E-state index contributed by atoms with van der Waals surface area (Å²) in [4.78, 5) is 2.15. The largest absolute Gasteiger partial charge is 0.497 e. The van der Waals surface area contributed by atoms with E-state index in [0.717, 1.165) is 49.1 Å². The Balaban J connectivity index is 1.80. The van der Waals surface area contributed by atoms with Crippen molar-refractivity contribution in [3.05, 3.63) is 65.5 Å². The fourth-order valence-electron chi connectivity index (χ4n) is 4.42. The third-order valence-electron chi connectivity index (χ3n) is 5.82. The number of ether oxygens (including phenoxy) is 1. The van der Waals surface area contributed by atoms with E-state index in [-0.39, 0.29) is 11.7 Å². The van der Waals surface area contributed by atoms with Gasteiger partial charge in [0, 0.05) is 12.5 Å². The highest BCUT2D eigenvalue weighted by atomic mass is 19.1. The van der Waals surface area contributed by atoms with Gasteiger partial charge in [-0.3, -0.25) is 0 Å². The Morgan fingerprint density at radius 2 is 1.93 bits per heavy atom. The summed E-state index contributed by atoms with van der Waals surface area (Å²) in [7, 11) is 5.76. The van der Waals surface area contributed by atoms with Crippen molar-refractivity contribution in [3.63, 3.8) is 0 Å². The highest BCUT2D eigenvalue weighted by molar-refractivity contribution is 5.33. The lowest BCUT2D eigenvalue weighted by atomic mass is 9.66. The second-order valence-corrected chi connectivity index (χ2v) is 8.09. The zero-order valence-electron chi connectivity index (χ0n) is 16.5. The maximum Gasteiger partial charge on any atom is 0.123 e. The van der Waals surface area contributed by atoms with Crippen LogP contribution in [0.2, 0.25) is 0 Å². The number of methoxy groups -OCH3 is 1. The zero-order chi connectivity index (χ0) is 19.4. The minimum absolute atomic E-state index is 0.138. The maximum atomic E-state index is 13.2. The van der Waals surface area contributed by atoms with Gasteiger partial charge in [0.2, 0.25) is 0 Å². The van der Waals surface area contributed by atoms with Gasteiger partial charge in [0.15, 0.2) is 0 Å². The van der Waals surface area contributed by atoms with Gasteiger partial charge in [-0.15, -0.1) is 0 Å². The first-order valence-corrected chi connectivity index (χ1v) is 9.67. The molecule has 0 radical (unpaired) electrons. The topological polar surface area (TPSA) is 32.7 Å². The molecule has 1 saturated carbocycles. The Bertz CT molecular complexity index is 746. The molecule has 1 aliphatic carbocycles. The molecule has 1 aliphatic rings. The number of benzene rings is 2. The van der Waals surface area contributed by atoms with Crippen LogP contribution in [0.25, 0.3) is 0 Å². The average Bonchev–Trinajstić information content (AvgIpc) is 2.66. The van der Waals surface area contributed by atoms with Gasteiger partial charge >= 0.3 is 0 Å². The Labute approximate surface area is 161 Å². The standard InChI is InChI=1S/C23H30FNO2/c1-25(2)16-20-14-18(13-17-7-9-21(24)10-8-17)11-12-23(20,26)19-5-4-6-22(15-19)27-3/h4-10,15,18,20,26H,11-14,16H2,1-3H3/t18-,20-,23+/m1/s1. The Hall–Kier alpha value is -1.91. The highest BCUT2D eigenvalue weighted by Crippen LogP contribution is 2.45. The minimum atomic E-state index is -0.849. The van der Waals surface area contributed by atoms with E-state index in [9.17, 15) is 9.50 Å². The maximum absolute atomic E-state index is 13.2. The monoisotopic (exact) mass is 371 g/mol. The van der Waals surface area contributed by atoms with Gasteiger partial charge in [-0.1, -0.05) is 24.3 Å². The van der Waals surface area contributed by atoms with Crippen LogP contribution in [0, 0.1) is 17.7 Å². The Morgan fingerprint density at radius 3 is 2.59 bits per heavy atom. The summed E-state index contributed by atoms with van der Waals surface area (Å²) < 4.78 is 18.5. The third kappa shape index (κ3) is 4.69. The summed E-state index contributed by atoms with van der Waals surface area (Å²) in [6.07, 6.45) is 3.56. The van der Waals surface area contributed by atoms with Crippen molar-refractivity contribution in [2.45, 2.75) is 31.3 Å². The van der Waals surface area contributed by atoms with Crippen LogP contribution in [0.3, 0.4) is 0 Å². The molecule has 3 atom stereocenters. The van der Waals surface area contributed by atoms with Crippen LogP contribution in [0.5, 0.6) is 5.75 Å². The summed E-state index contributed by atoms with van der Waals surface area (Å²) in [6, 6.07) is 14.6. The molecular weight excluding hydrogens is 341 g/mol. The lowest BCUT2D eigenvalue weighted by Crippen LogP contribution is -2.45. The molecular formula is C23H30FNO2. The summed E-state index contributed by atoms with van der Waals surface area (Å²) in [5, 5.41) is 11.7. The number of nitrogens with zero attached hydrogens (tertiary/aromatic N) is 1. The van der Waals surface area contributed by atoms with Crippen LogP contribution >= 0.6 is 0 Å². The SMILES string of the molecule is COc1cccc([C@@]2(O)CC[C@H](Cc3ccc(F)cc3)C[C@@H]2CN(C)C)c1. The number of halogens is 1. The normalized spacial score (nSPS) is 25.6.